The highest BCUT2D eigenvalue weighted by molar-refractivity contribution is 7.12. The first-order valence-corrected chi connectivity index (χ1v) is 8.46. The smallest absolute Gasteiger partial charge is 0.224 e. The van der Waals surface area contributed by atoms with Crippen molar-refractivity contribution in [2.45, 2.75) is 12.8 Å². The molecule has 0 saturated carbocycles. The van der Waals surface area contributed by atoms with Crippen LogP contribution in [0.5, 0.6) is 0 Å². The summed E-state index contributed by atoms with van der Waals surface area (Å²) in [6.07, 6.45) is 3.99. The van der Waals surface area contributed by atoms with E-state index < -0.39 is 0 Å². The van der Waals surface area contributed by atoms with E-state index in [1.165, 1.54) is 11.3 Å². The third kappa shape index (κ3) is 3.78. The van der Waals surface area contributed by atoms with Crippen LogP contribution < -0.4 is 5.32 Å². The molecule has 0 radical (unpaired) electrons. The van der Waals surface area contributed by atoms with Crippen molar-refractivity contribution < 1.29 is 9.59 Å². The van der Waals surface area contributed by atoms with E-state index >= 15 is 0 Å². The van der Waals surface area contributed by atoms with Gasteiger partial charge in [0, 0.05) is 43.5 Å². The summed E-state index contributed by atoms with van der Waals surface area (Å²) in [5.74, 6) is 0.665. The molecule has 0 aliphatic heterocycles. The third-order valence-corrected chi connectivity index (χ3v) is 4.51. The molecule has 1 aromatic carbocycles. The van der Waals surface area contributed by atoms with Crippen molar-refractivity contribution >= 4 is 28.7 Å². The van der Waals surface area contributed by atoms with Crippen LogP contribution in [0.25, 0.3) is 11.4 Å². The second kappa shape index (κ2) is 7.23. The van der Waals surface area contributed by atoms with E-state index in [2.05, 4.69) is 10.3 Å². The number of rotatable bonds is 6. The molecule has 0 aliphatic rings. The number of nitrogens with zero attached hydrogens (tertiary/aromatic N) is 2. The first-order valence-electron chi connectivity index (χ1n) is 7.58. The Bertz CT molecular complexity index is 853. The Morgan fingerprint density at radius 3 is 2.79 bits per heavy atom. The van der Waals surface area contributed by atoms with Crippen LogP contribution in [0, 0.1) is 0 Å². The largest absolute Gasteiger partial charge is 0.334 e. The van der Waals surface area contributed by atoms with Crippen molar-refractivity contribution in [3.63, 3.8) is 0 Å². The summed E-state index contributed by atoms with van der Waals surface area (Å²) >= 11 is 1.40. The van der Waals surface area contributed by atoms with E-state index in [0.29, 0.717) is 10.6 Å². The normalized spacial score (nSPS) is 10.5. The maximum absolute atomic E-state index is 12.1. The molecule has 2 heterocycles. The summed E-state index contributed by atoms with van der Waals surface area (Å²) in [5.41, 5.74) is 1.62. The molecular formula is C18H17N3O2S. The summed E-state index contributed by atoms with van der Waals surface area (Å²) in [6, 6.07) is 11.1. The van der Waals surface area contributed by atoms with Crippen molar-refractivity contribution in [3.05, 3.63) is 59.0 Å². The van der Waals surface area contributed by atoms with Crippen LogP contribution in [0.2, 0.25) is 0 Å². The molecule has 0 atom stereocenters. The molecule has 0 fully saturated rings. The molecular weight excluding hydrogens is 322 g/mol. The average molecular weight is 339 g/mol. The van der Waals surface area contributed by atoms with E-state index in [1.807, 2.05) is 53.5 Å². The fourth-order valence-corrected chi connectivity index (χ4v) is 3.09. The number of carbonyl (C=O) groups is 2. The number of hydrogen-bond donors (Lipinski definition) is 1. The van der Waals surface area contributed by atoms with Gasteiger partial charge in [0.1, 0.15) is 5.82 Å². The molecule has 2 aromatic heterocycles. The van der Waals surface area contributed by atoms with Gasteiger partial charge < -0.3 is 9.88 Å². The Morgan fingerprint density at radius 1 is 1.21 bits per heavy atom. The molecule has 6 heteroatoms. The molecule has 0 unspecified atom stereocenters. The predicted molar refractivity (Wildman–Crippen MR) is 95.2 cm³/mol. The first kappa shape index (κ1) is 16.1. The molecule has 1 amide bonds. The highest BCUT2D eigenvalue weighted by Crippen LogP contribution is 2.21. The van der Waals surface area contributed by atoms with Gasteiger partial charge in [-0.2, -0.15) is 0 Å². The van der Waals surface area contributed by atoms with Gasteiger partial charge in [0.25, 0.3) is 0 Å². The minimum atomic E-state index is -0.170. The minimum absolute atomic E-state index is 0.00177. The standard InChI is InChI=1S/C18H17N3O2S/c1-21-10-9-19-18(21)13-4-2-5-14(12-13)20-17(23)8-7-15(22)16-6-3-11-24-16/h2-6,9-12H,7-8H2,1H3,(H,20,23). The van der Waals surface area contributed by atoms with Gasteiger partial charge in [-0.1, -0.05) is 18.2 Å². The van der Waals surface area contributed by atoms with Crippen molar-refractivity contribution in [1.29, 1.82) is 0 Å². The molecule has 24 heavy (non-hydrogen) atoms. The van der Waals surface area contributed by atoms with Crippen molar-refractivity contribution in [2.24, 2.45) is 7.05 Å². The maximum Gasteiger partial charge on any atom is 0.224 e. The lowest BCUT2D eigenvalue weighted by atomic mass is 10.1. The van der Waals surface area contributed by atoms with Crippen LogP contribution in [0.3, 0.4) is 0 Å². The monoisotopic (exact) mass is 339 g/mol. The lowest BCUT2D eigenvalue weighted by Crippen LogP contribution is -2.13. The van der Waals surface area contributed by atoms with Gasteiger partial charge in [0.05, 0.1) is 4.88 Å². The van der Waals surface area contributed by atoms with E-state index in [0.717, 1.165) is 11.4 Å². The summed E-state index contributed by atoms with van der Waals surface area (Å²) in [6.45, 7) is 0. The SMILES string of the molecule is Cn1ccnc1-c1cccc(NC(=O)CCC(=O)c2cccs2)c1. The second-order valence-electron chi connectivity index (χ2n) is 5.39. The number of nitrogens with one attached hydrogen (secondary N) is 1. The minimum Gasteiger partial charge on any atom is -0.334 e. The topological polar surface area (TPSA) is 64.0 Å². The third-order valence-electron chi connectivity index (χ3n) is 3.60. The summed E-state index contributed by atoms with van der Waals surface area (Å²) < 4.78 is 1.92. The molecule has 0 bridgehead atoms. The second-order valence-corrected chi connectivity index (χ2v) is 6.34. The van der Waals surface area contributed by atoms with Crippen LogP contribution in [0.1, 0.15) is 22.5 Å². The number of aromatic nitrogens is 2. The summed E-state index contributed by atoms with van der Waals surface area (Å²) in [4.78, 5) is 29.0. The van der Waals surface area contributed by atoms with Crippen LogP contribution in [-0.4, -0.2) is 21.2 Å². The molecule has 0 saturated heterocycles. The van der Waals surface area contributed by atoms with Crippen LogP contribution in [0.15, 0.2) is 54.2 Å². The Labute approximate surface area is 144 Å². The number of anilines is 1. The van der Waals surface area contributed by atoms with E-state index in [1.54, 1.807) is 12.3 Å². The van der Waals surface area contributed by atoms with Crippen molar-refractivity contribution in [3.8, 4) is 11.4 Å². The van der Waals surface area contributed by atoms with Gasteiger partial charge >= 0.3 is 0 Å². The zero-order chi connectivity index (χ0) is 16.9. The number of ketones is 1. The molecule has 3 rings (SSSR count). The van der Waals surface area contributed by atoms with Gasteiger partial charge in [-0.15, -0.1) is 11.3 Å². The van der Waals surface area contributed by atoms with Crippen molar-refractivity contribution in [1.82, 2.24) is 9.55 Å². The zero-order valence-corrected chi connectivity index (χ0v) is 14.0. The number of carbonyl (C=O) groups excluding carboxylic acids is 2. The summed E-state index contributed by atoms with van der Waals surface area (Å²) in [7, 11) is 1.92. The Kier molecular flexibility index (Phi) is 4.86. The first-order chi connectivity index (χ1) is 11.6. The van der Waals surface area contributed by atoms with E-state index in [4.69, 9.17) is 0 Å². The Hall–Kier alpha value is -2.73. The van der Waals surface area contributed by atoms with Gasteiger partial charge in [-0.25, -0.2) is 4.98 Å². The molecule has 3 aromatic rings. The number of benzene rings is 1. The molecule has 5 nitrogen and oxygen atoms in total. The number of thiophene rings is 1. The number of Topliss-reactive ketones (excluding diaryl/α,β-unsaturated/α-hetero) is 1. The lowest BCUT2D eigenvalue weighted by Gasteiger charge is -2.07. The maximum atomic E-state index is 12.1. The summed E-state index contributed by atoms with van der Waals surface area (Å²) in [5, 5.41) is 4.70. The predicted octanol–water partition coefficient (Wildman–Crippen LogP) is 3.75. The van der Waals surface area contributed by atoms with E-state index in [-0.39, 0.29) is 24.5 Å². The lowest BCUT2D eigenvalue weighted by molar-refractivity contribution is -0.116. The van der Waals surface area contributed by atoms with E-state index in [9.17, 15) is 9.59 Å². The van der Waals surface area contributed by atoms with Gasteiger partial charge in [-0.05, 0) is 23.6 Å². The quantitative estimate of drug-likeness (QED) is 0.696. The molecule has 1 N–H and O–H groups in total. The molecule has 122 valence electrons. The Morgan fingerprint density at radius 2 is 2.08 bits per heavy atom. The highest BCUT2D eigenvalue weighted by Gasteiger charge is 2.11. The van der Waals surface area contributed by atoms with Crippen LogP contribution in [-0.2, 0) is 11.8 Å². The zero-order valence-electron chi connectivity index (χ0n) is 13.2. The van der Waals surface area contributed by atoms with Gasteiger partial charge in [0.15, 0.2) is 5.78 Å². The molecule has 0 aliphatic carbocycles. The number of imidazole rings is 1. The van der Waals surface area contributed by atoms with Gasteiger partial charge in [-0.3, -0.25) is 9.59 Å². The number of amides is 1. The van der Waals surface area contributed by atoms with Crippen LogP contribution >= 0.6 is 11.3 Å². The number of aryl methyl sites for hydroxylation is 1. The highest BCUT2D eigenvalue weighted by atomic mass is 32.1. The fraction of sp³-hybridized carbons (Fsp3) is 0.167. The van der Waals surface area contributed by atoms with Crippen LogP contribution in [0.4, 0.5) is 5.69 Å². The van der Waals surface area contributed by atoms with Gasteiger partial charge in [0.2, 0.25) is 5.91 Å². The van der Waals surface area contributed by atoms with Crippen molar-refractivity contribution in [2.75, 3.05) is 5.32 Å². The fourth-order valence-electron chi connectivity index (χ4n) is 2.39. The average Bonchev–Trinajstić information content (AvgIpc) is 3.24. The Balaban J connectivity index is 1.61. The number of hydrogen-bond acceptors (Lipinski definition) is 4. The molecule has 0 spiro atoms.